The predicted octanol–water partition coefficient (Wildman–Crippen LogP) is 23.2. The van der Waals surface area contributed by atoms with Crippen LogP contribution in [0.15, 0.2) is 109 Å². The smallest absolute Gasteiger partial charge is 0.268 e. The van der Waals surface area contributed by atoms with E-state index in [1.807, 2.05) is 27.2 Å². The summed E-state index contributed by atoms with van der Waals surface area (Å²) in [6, 6.07) is -0.910. The van der Waals surface area contributed by atoms with E-state index in [1.54, 1.807) is 6.08 Å². The molecule has 2 N–H and O–H groups in total. The number of rotatable bonds is 67. The highest BCUT2D eigenvalue weighted by molar-refractivity contribution is 7.45. The predicted molar refractivity (Wildman–Crippen MR) is 380 cm³/mol. The number of carbonyl (C=O) groups excluding carboxylic acids is 1. The molecule has 8 nitrogen and oxygen atoms in total. The second-order valence-electron chi connectivity index (χ2n) is 25.9. The first-order valence-electron chi connectivity index (χ1n) is 36.7. The largest absolute Gasteiger partial charge is 0.756 e. The van der Waals surface area contributed by atoms with Crippen molar-refractivity contribution >= 4 is 13.7 Å². The van der Waals surface area contributed by atoms with Crippen molar-refractivity contribution in [3.8, 4) is 0 Å². The van der Waals surface area contributed by atoms with E-state index in [0.29, 0.717) is 17.4 Å². The zero-order chi connectivity index (χ0) is 63.4. The Morgan fingerprint density at radius 2 is 0.713 bits per heavy atom. The number of allylic oxidation sites excluding steroid dienone is 17. The van der Waals surface area contributed by atoms with Gasteiger partial charge in [0.05, 0.1) is 39.9 Å². The van der Waals surface area contributed by atoms with Gasteiger partial charge in [-0.25, -0.2) is 0 Å². The summed E-state index contributed by atoms with van der Waals surface area (Å²) in [7, 11) is 1.25. The van der Waals surface area contributed by atoms with Crippen LogP contribution in [0.5, 0.6) is 0 Å². The van der Waals surface area contributed by atoms with Crippen molar-refractivity contribution in [2.75, 3.05) is 40.9 Å². The lowest BCUT2D eigenvalue weighted by atomic mass is 10.0. The summed E-state index contributed by atoms with van der Waals surface area (Å²) in [5, 5.41) is 14.0. The van der Waals surface area contributed by atoms with Gasteiger partial charge in [-0.3, -0.25) is 9.36 Å². The summed E-state index contributed by atoms with van der Waals surface area (Å²) in [6.07, 6.45) is 99.4. The topological polar surface area (TPSA) is 108 Å². The van der Waals surface area contributed by atoms with Crippen molar-refractivity contribution in [2.24, 2.45) is 0 Å². The van der Waals surface area contributed by atoms with E-state index in [1.165, 1.54) is 225 Å². The second kappa shape index (κ2) is 67.6. The Kier molecular flexibility index (Phi) is 65.3. The van der Waals surface area contributed by atoms with Gasteiger partial charge in [-0.1, -0.05) is 342 Å². The lowest BCUT2D eigenvalue weighted by Gasteiger charge is -2.29. The fraction of sp³-hybridized carbons (Fsp3) is 0.756. The summed E-state index contributed by atoms with van der Waals surface area (Å²) in [5.41, 5.74) is 0. The van der Waals surface area contributed by atoms with Crippen LogP contribution in [0, 0.1) is 0 Å². The van der Waals surface area contributed by atoms with Crippen LogP contribution >= 0.6 is 7.82 Å². The highest BCUT2D eigenvalue weighted by Gasteiger charge is 2.23. The molecular weight excluding hydrogens is 1090 g/mol. The second-order valence-corrected chi connectivity index (χ2v) is 27.3. The highest BCUT2D eigenvalue weighted by atomic mass is 31.2. The molecular formula is C78H141N2O6P. The van der Waals surface area contributed by atoms with Crippen molar-refractivity contribution in [1.82, 2.24) is 5.32 Å². The fourth-order valence-electron chi connectivity index (χ4n) is 10.6. The van der Waals surface area contributed by atoms with Crippen molar-refractivity contribution in [3.05, 3.63) is 109 Å². The van der Waals surface area contributed by atoms with Crippen molar-refractivity contribution < 1.29 is 32.9 Å². The van der Waals surface area contributed by atoms with Crippen LogP contribution in [0.4, 0.5) is 0 Å². The molecule has 0 bridgehead atoms. The number of aliphatic hydroxyl groups excluding tert-OH is 1. The van der Waals surface area contributed by atoms with Crippen LogP contribution in [0.3, 0.4) is 0 Å². The molecule has 0 aromatic rings. The summed E-state index contributed by atoms with van der Waals surface area (Å²) < 4.78 is 23.5. The SMILES string of the molecule is CC/C=C\C/C=C\C/C=C\C/C=C\C/C=C\C/C=C\C/C=C\CCCCCCCCCCCCCCCCCCCC(=O)NC(COP(=O)([O-])OCC[N+](C)(C)C)C(O)/C=C/CC/C=C/CCCCCCCCCCCCCCCCCCCCCC. The van der Waals surface area contributed by atoms with E-state index in [-0.39, 0.29) is 12.5 Å². The molecule has 3 atom stereocenters. The molecule has 0 fully saturated rings. The summed E-state index contributed by atoms with van der Waals surface area (Å²) in [4.78, 5) is 25.7. The Labute approximate surface area is 540 Å². The van der Waals surface area contributed by atoms with Crippen LogP contribution in [-0.4, -0.2) is 68.5 Å². The summed E-state index contributed by atoms with van der Waals surface area (Å²) in [5.74, 6) is -0.206. The minimum Gasteiger partial charge on any atom is -0.756 e. The fourth-order valence-corrected chi connectivity index (χ4v) is 11.3. The number of amides is 1. The van der Waals surface area contributed by atoms with Crippen molar-refractivity contribution in [2.45, 2.75) is 341 Å². The third-order valence-corrected chi connectivity index (χ3v) is 17.2. The van der Waals surface area contributed by atoms with E-state index >= 15 is 0 Å². The molecule has 3 unspecified atom stereocenters. The van der Waals surface area contributed by atoms with Gasteiger partial charge >= 0.3 is 0 Å². The average Bonchev–Trinajstić information content (AvgIpc) is 3.69. The van der Waals surface area contributed by atoms with Gasteiger partial charge < -0.3 is 28.8 Å². The number of hydrogen-bond donors (Lipinski definition) is 2. The van der Waals surface area contributed by atoms with E-state index in [2.05, 4.69) is 116 Å². The summed E-state index contributed by atoms with van der Waals surface area (Å²) >= 11 is 0. The third-order valence-electron chi connectivity index (χ3n) is 16.2. The van der Waals surface area contributed by atoms with Crippen LogP contribution in [0.1, 0.15) is 328 Å². The minimum atomic E-state index is -4.62. The molecule has 0 aliphatic rings. The highest BCUT2D eigenvalue weighted by Crippen LogP contribution is 2.38. The number of quaternary nitrogens is 1. The molecule has 0 rings (SSSR count). The number of nitrogens with one attached hydrogen (secondary N) is 1. The molecule has 0 spiro atoms. The molecule has 87 heavy (non-hydrogen) atoms. The monoisotopic (exact) mass is 1230 g/mol. The molecule has 0 heterocycles. The van der Waals surface area contributed by atoms with Crippen LogP contribution in [-0.2, 0) is 18.4 Å². The lowest BCUT2D eigenvalue weighted by Crippen LogP contribution is -2.45. The molecule has 0 aliphatic heterocycles. The Morgan fingerprint density at radius 1 is 0.414 bits per heavy atom. The number of unbranched alkanes of at least 4 members (excludes halogenated alkanes) is 38. The first-order valence-corrected chi connectivity index (χ1v) is 38.2. The van der Waals surface area contributed by atoms with Gasteiger partial charge in [0.15, 0.2) is 0 Å². The zero-order valence-electron chi connectivity index (χ0n) is 57.7. The number of phosphoric acid groups is 1. The van der Waals surface area contributed by atoms with Gasteiger partial charge in [-0.05, 0) is 89.9 Å². The Balaban J connectivity index is 4.06. The molecule has 0 saturated carbocycles. The molecule has 504 valence electrons. The van der Waals surface area contributed by atoms with Gasteiger partial charge in [0.1, 0.15) is 13.2 Å². The Morgan fingerprint density at radius 3 is 1.07 bits per heavy atom. The molecule has 0 aromatic carbocycles. The molecule has 1 amide bonds. The number of nitrogens with zero attached hydrogens (tertiary/aromatic N) is 1. The van der Waals surface area contributed by atoms with Crippen LogP contribution in [0.25, 0.3) is 0 Å². The molecule has 0 radical (unpaired) electrons. The zero-order valence-corrected chi connectivity index (χ0v) is 58.6. The van der Waals surface area contributed by atoms with E-state index < -0.39 is 26.6 Å². The van der Waals surface area contributed by atoms with E-state index in [0.717, 1.165) is 83.5 Å². The quantitative estimate of drug-likeness (QED) is 0.0272. The Bertz CT molecular complexity index is 1790. The van der Waals surface area contributed by atoms with Crippen LogP contribution < -0.4 is 10.2 Å². The number of likely N-dealkylation sites (N-methyl/N-ethyl adjacent to an activating group) is 1. The maximum Gasteiger partial charge on any atom is 0.268 e. The van der Waals surface area contributed by atoms with Gasteiger partial charge in [0.25, 0.3) is 7.82 Å². The maximum absolute atomic E-state index is 13.0. The Hall–Kier alpha value is -2.84. The van der Waals surface area contributed by atoms with Gasteiger partial charge in [0.2, 0.25) is 5.91 Å². The first kappa shape index (κ1) is 84.2. The molecule has 0 aliphatic carbocycles. The normalized spacial score (nSPS) is 14.2. The van der Waals surface area contributed by atoms with Crippen molar-refractivity contribution in [3.63, 3.8) is 0 Å². The molecule has 9 heteroatoms. The number of carbonyl (C=O) groups is 1. The average molecular weight is 1230 g/mol. The number of aliphatic hydroxyl groups is 1. The van der Waals surface area contributed by atoms with E-state index in [4.69, 9.17) is 9.05 Å². The first-order chi connectivity index (χ1) is 42.5. The molecule has 0 aromatic heterocycles. The van der Waals surface area contributed by atoms with Gasteiger partial charge in [-0.2, -0.15) is 0 Å². The van der Waals surface area contributed by atoms with Gasteiger partial charge in [0, 0.05) is 6.42 Å². The molecule has 0 saturated heterocycles. The maximum atomic E-state index is 13.0. The lowest BCUT2D eigenvalue weighted by molar-refractivity contribution is -0.870. The van der Waals surface area contributed by atoms with E-state index in [9.17, 15) is 19.4 Å². The minimum absolute atomic E-state index is 0.00871. The standard InChI is InChI=1S/C78H141N2O6P/c1-6-8-10-12-14-16-18-20-22-24-26-28-30-32-34-35-36-37-38-39-40-41-42-43-44-45-46-48-50-52-54-56-58-60-62-64-66-68-70-72-78(82)79-76(75-86-87(83,84)85-74-73-80(3,4)5)77(81)71-69-67-65-63-61-59-57-55-53-51-49-47-33-31-29-27-25-23-21-19-17-15-13-11-9-7-2/h8,10,14,16,20,22,26,28,32,34,36-37,39-40,61,63,69,71,76-77,81H,6-7,9,11-13,15,17-19,21,23-25,27,29-31,33,35,38,41-60,62,64-68,70,72-75H2,1-5H3,(H-,79,82,83,84)/b10-8-,16-14-,22-20-,28-26-,34-32-,37-36-,40-39-,63-61+,71-69+. The van der Waals surface area contributed by atoms with Crippen LogP contribution in [0.2, 0.25) is 0 Å². The third kappa shape index (κ3) is 70.5. The number of phosphoric ester groups is 1. The van der Waals surface area contributed by atoms with Crippen molar-refractivity contribution in [1.29, 1.82) is 0 Å². The van der Waals surface area contributed by atoms with Gasteiger partial charge in [-0.15, -0.1) is 0 Å². The number of hydrogen-bond acceptors (Lipinski definition) is 6. The summed E-state index contributed by atoms with van der Waals surface area (Å²) in [6.45, 7) is 4.55.